The van der Waals surface area contributed by atoms with E-state index in [2.05, 4.69) is 0 Å². The Bertz CT molecular complexity index is 1640. The average Bonchev–Trinajstić information content (AvgIpc) is 3.42. The number of methoxy groups -OCH3 is 2. The Hall–Kier alpha value is -3.66. The number of thiocarbonyl (C=S) groups is 1. The molecule has 2 heterocycles. The quantitative estimate of drug-likeness (QED) is 0.177. The maximum Gasteiger partial charge on any atom is 0.346 e. The second-order valence-corrected chi connectivity index (χ2v) is 12.7. The van der Waals surface area contributed by atoms with Gasteiger partial charge >= 0.3 is 11.9 Å². The van der Waals surface area contributed by atoms with Crippen LogP contribution in [0.25, 0.3) is 16.7 Å². The van der Waals surface area contributed by atoms with Gasteiger partial charge in [0.05, 0.1) is 34.5 Å². The molecule has 0 fully saturated rings. The standard InChI is InChI=1S/C32H27NO5S3/c1-18-15-16-22-23(17-18)33(28(34)21-14-10-9-13-20(21)19-11-7-6-8-12-19)32(2,3)27(39)24(22)31-40-25(29(35)37-4)26(41-31)30(36)38-5/h6-17H,1-5H3. The number of nitrogens with zero attached hydrogens (tertiary/aromatic N) is 1. The number of aryl methyl sites for hydroxylation is 1. The number of esters is 2. The molecule has 0 aliphatic carbocycles. The van der Waals surface area contributed by atoms with Gasteiger partial charge in [0, 0.05) is 16.7 Å². The molecule has 0 aromatic heterocycles. The number of fused-ring (bicyclic) bond motifs is 1. The van der Waals surface area contributed by atoms with Gasteiger partial charge in [-0.3, -0.25) is 9.69 Å². The molecule has 0 spiro atoms. The summed E-state index contributed by atoms with van der Waals surface area (Å²) in [4.78, 5) is 42.3. The van der Waals surface area contributed by atoms with Gasteiger partial charge < -0.3 is 9.47 Å². The minimum Gasteiger partial charge on any atom is -0.465 e. The van der Waals surface area contributed by atoms with Gasteiger partial charge in [-0.15, -0.1) is 0 Å². The zero-order valence-corrected chi connectivity index (χ0v) is 25.6. The third-order valence-corrected chi connectivity index (χ3v) is 10.3. The fraction of sp³-hybridized carbons (Fsp3) is 0.188. The molecule has 0 atom stereocenters. The third kappa shape index (κ3) is 5.03. The van der Waals surface area contributed by atoms with E-state index in [0.29, 0.717) is 25.9 Å². The molecule has 9 heteroatoms. The first-order valence-electron chi connectivity index (χ1n) is 12.8. The van der Waals surface area contributed by atoms with Crippen LogP contribution < -0.4 is 4.90 Å². The minimum atomic E-state index is -0.931. The highest BCUT2D eigenvalue weighted by Gasteiger charge is 2.46. The van der Waals surface area contributed by atoms with E-state index in [1.165, 1.54) is 14.2 Å². The van der Waals surface area contributed by atoms with Crippen LogP contribution in [0.15, 0.2) is 86.8 Å². The van der Waals surface area contributed by atoms with Crippen molar-refractivity contribution in [1.82, 2.24) is 0 Å². The Morgan fingerprint density at radius 1 is 0.805 bits per heavy atom. The lowest BCUT2D eigenvalue weighted by molar-refractivity contribution is -0.138. The second-order valence-electron chi connectivity index (χ2n) is 9.97. The lowest BCUT2D eigenvalue weighted by Gasteiger charge is -2.45. The van der Waals surface area contributed by atoms with E-state index in [0.717, 1.165) is 45.8 Å². The van der Waals surface area contributed by atoms with Crippen molar-refractivity contribution in [1.29, 1.82) is 0 Å². The van der Waals surface area contributed by atoms with Crippen molar-refractivity contribution in [2.24, 2.45) is 0 Å². The molecule has 0 N–H and O–H groups in total. The molecule has 0 unspecified atom stereocenters. The number of hydrogen-bond donors (Lipinski definition) is 0. The van der Waals surface area contributed by atoms with Gasteiger partial charge in [0.1, 0.15) is 9.81 Å². The van der Waals surface area contributed by atoms with Crippen LogP contribution in [0.1, 0.15) is 35.3 Å². The first kappa shape index (κ1) is 28.9. The highest BCUT2D eigenvalue weighted by Crippen LogP contribution is 2.56. The van der Waals surface area contributed by atoms with E-state index in [1.807, 2.05) is 93.6 Å². The molecule has 2 aliphatic heterocycles. The van der Waals surface area contributed by atoms with Crippen molar-refractivity contribution in [2.45, 2.75) is 26.3 Å². The fourth-order valence-electron chi connectivity index (χ4n) is 4.95. The Labute approximate surface area is 252 Å². The molecule has 5 rings (SSSR count). The van der Waals surface area contributed by atoms with E-state index < -0.39 is 17.5 Å². The van der Waals surface area contributed by atoms with E-state index in [9.17, 15) is 14.4 Å². The lowest BCUT2D eigenvalue weighted by Crippen LogP contribution is -2.56. The van der Waals surface area contributed by atoms with Crippen molar-refractivity contribution in [3.8, 4) is 11.1 Å². The molecule has 2 aliphatic rings. The molecular formula is C32H27NO5S3. The number of anilines is 1. The van der Waals surface area contributed by atoms with Crippen molar-refractivity contribution >= 4 is 69.7 Å². The molecular weight excluding hydrogens is 575 g/mol. The normalized spacial score (nSPS) is 16.0. The topological polar surface area (TPSA) is 72.9 Å². The first-order valence-corrected chi connectivity index (χ1v) is 14.8. The summed E-state index contributed by atoms with van der Waals surface area (Å²) in [5, 5.41) is 0. The SMILES string of the molecule is COC(=O)C1=C(C(=O)OC)SC(=C2C(=S)C(C)(C)N(C(=O)c3ccccc3-c3ccccc3)c3cc(C)ccc32)S1. The predicted molar refractivity (Wildman–Crippen MR) is 170 cm³/mol. The van der Waals surface area contributed by atoms with Crippen molar-refractivity contribution in [2.75, 3.05) is 19.1 Å². The van der Waals surface area contributed by atoms with Crippen LogP contribution in [0.3, 0.4) is 0 Å². The Morgan fingerprint density at radius 2 is 1.39 bits per heavy atom. The van der Waals surface area contributed by atoms with Gasteiger partial charge in [-0.05, 0) is 49.6 Å². The van der Waals surface area contributed by atoms with Crippen molar-refractivity contribution < 1.29 is 23.9 Å². The van der Waals surface area contributed by atoms with Gasteiger partial charge in [-0.1, -0.05) is 96.4 Å². The zero-order valence-electron chi connectivity index (χ0n) is 23.1. The first-order chi connectivity index (χ1) is 19.6. The smallest absolute Gasteiger partial charge is 0.346 e. The summed E-state index contributed by atoms with van der Waals surface area (Å²) in [5.74, 6) is -1.43. The zero-order chi connectivity index (χ0) is 29.5. The number of thioether (sulfide) groups is 2. The third-order valence-electron chi connectivity index (χ3n) is 6.99. The van der Waals surface area contributed by atoms with Gasteiger partial charge in [-0.25, -0.2) is 9.59 Å². The lowest BCUT2D eigenvalue weighted by atomic mass is 9.82. The summed E-state index contributed by atoms with van der Waals surface area (Å²) < 4.78 is 10.5. The van der Waals surface area contributed by atoms with Gasteiger partial charge in [0.2, 0.25) is 0 Å². The largest absolute Gasteiger partial charge is 0.465 e. The molecule has 0 saturated carbocycles. The second kappa shape index (κ2) is 11.3. The number of benzene rings is 3. The van der Waals surface area contributed by atoms with Crippen LogP contribution in [0.2, 0.25) is 0 Å². The van der Waals surface area contributed by atoms with Crippen LogP contribution in [0.4, 0.5) is 5.69 Å². The molecule has 3 aromatic carbocycles. The van der Waals surface area contributed by atoms with E-state index in [-0.39, 0.29) is 15.7 Å². The molecule has 208 valence electrons. The predicted octanol–water partition coefficient (Wildman–Crippen LogP) is 7.18. The summed E-state index contributed by atoms with van der Waals surface area (Å²) >= 11 is 8.39. The van der Waals surface area contributed by atoms with E-state index >= 15 is 0 Å². The van der Waals surface area contributed by atoms with Crippen molar-refractivity contribution in [3.63, 3.8) is 0 Å². The summed E-state index contributed by atoms with van der Waals surface area (Å²) in [5.41, 5.74) is 4.52. The Balaban J connectivity index is 1.69. The Morgan fingerprint density at radius 3 is 2.00 bits per heavy atom. The molecule has 0 radical (unpaired) electrons. The number of carbonyl (C=O) groups excluding carboxylic acids is 3. The highest BCUT2D eigenvalue weighted by molar-refractivity contribution is 8.29. The van der Waals surface area contributed by atoms with Crippen LogP contribution >= 0.6 is 35.7 Å². The van der Waals surface area contributed by atoms with Crippen LogP contribution in [-0.2, 0) is 19.1 Å². The summed E-state index contributed by atoms with van der Waals surface area (Å²) in [6.07, 6.45) is 0. The van der Waals surface area contributed by atoms with Gasteiger partial charge in [0.25, 0.3) is 5.91 Å². The van der Waals surface area contributed by atoms with Crippen molar-refractivity contribution in [3.05, 3.63) is 104 Å². The van der Waals surface area contributed by atoms with E-state index in [1.54, 1.807) is 4.90 Å². The van der Waals surface area contributed by atoms with Crippen LogP contribution in [0.5, 0.6) is 0 Å². The Kier molecular flexibility index (Phi) is 7.96. The number of amides is 1. The molecule has 6 nitrogen and oxygen atoms in total. The number of rotatable bonds is 4. The highest BCUT2D eigenvalue weighted by atomic mass is 32.2. The van der Waals surface area contributed by atoms with Gasteiger partial charge in [0.15, 0.2) is 0 Å². The fourth-order valence-corrected chi connectivity index (χ4v) is 7.98. The average molecular weight is 602 g/mol. The number of ether oxygens (including phenoxy) is 2. The minimum absolute atomic E-state index is 0.149. The van der Waals surface area contributed by atoms with E-state index in [4.69, 9.17) is 21.7 Å². The van der Waals surface area contributed by atoms with Gasteiger partial charge in [-0.2, -0.15) is 0 Å². The molecule has 41 heavy (non-hydrogen) atoms. The number of hydrogen-bond acceptors (Lipinski definition) is 8. The molecule has 0 saturated heterocycles. The number of carbonyl (C=O) groups is 3. The van der Waals surface area contributed by atoms with Crippen LogP contribution in [0, 0.1) is 6.92 Å². The summed E-state index contributed by atoms with van der Waals surface area (Å²) in [7, 11) is 2.54. The summed E-state index contributed by atoms with van der Waals surface area (Å²) in [6.45, 7) is 5.81. The molecule has 0 bridgehead atoms. The monoisotopic (exact) mass is 601 g/mol. The maximum absolute atomic E-state index is 14.5. The maximum atomic E-state index is 14.5. The van der Waals surface area contributed by atoms with Crippen LogP contribution in [-0.4, -0.2) is 42.5 Å². The summed E-state index contributed by atoms with van der Waals surface area (Å²) in [6, 6.07) is 23.2. The molecule has 1 amide bonds. The molecule has 3 aromatic rings.